The second-order valence-electron chi connectivity index (χ2n) is 9.67. The Morgan fingerprint density at radius 1 is 1.03 bits per heavy atom. The minimum atomic E-state index is -0.250. The first-order valence-corrected chi connectivity index (χ1v) is 12.6. The van der Waals surface area contributed by atoms with Gasteiger partial charge in [0.1, 0.15) is 12.4 Å². The highest BCUT2D eigenvalue weighted by Crippen LogP contribution is 2.26. The van der Waals surface area contributed by atoms with Gasteiger partial charge in [-0.15, -0.1) is 0 Å². The van der Waals surface area contributed by atoms with Gasteiger partial charge in [0.15, 0.2) is 0 Å². The number of nitrogens with zero attached hydrogens (tertiary/aromatic N) is 1. The summed E-state index contributed by atoms with van der Waals surface area (Å²) < 4.78 is 11.7. The van der Waals surface area contributed by atoms with Gasteiger partial charge in [-0.3, -0.25) is 9.59 Å². The van der Waals surface area contributed by atoms with Crippen LogP contribution in [0.3, 0.4) is 0 Å². The molecule has 7 nitrogen and oxygen atoms in total. The molecule has 37 heavy (non-hydrogen) atoms. The van der Waals surface area contributed by atoms with E-state index in [1.165, 1.54) is 0 Å². The predicted octanol–water partition coefficient (Wildman–Crippen LogP) is 4.70. The maximum absolute atomic E-state index is 13.4. The predicted molar refractivity (Wildman–Crippen MR) is 146 cm³/mol. The number of hydrogen-bond donors (Lipinski definition) is 2. The number of nitrogens with one attached hydrogen (secondary N) is 2. The lowest BCUT2D eigenvalue weighted by atomic mass is 10.0. The van der Waals surface area contributed by atoms with Gasteiger partial charge in [-0.2, -0.15) is 0 Å². The van der Waals surface area contributed by atoms with E-state index in [4.69, 9.17) is 9.47 Å². The van der Waals surface area contributed by atoms with Crippen LogP contribution >= 0.6 is 0 Å². The number of fused-ring (bicyclic) bond motifs is 1. The van der Waals surface area contributed by atoms with Gasteiger partial charge in [-0.1, -0.05) is 49.4 Å². The number of rotatable bonds is 4. The Morgan fingerprint density at radius 2 is 1.73 bits per heavy atom. The molecule has 0 saturated carbocycles. The van der Waals surface area contributed by atoms with Crippen LogP contribution in [0.1, 0.15) is 34.6 Å². The van der Waals surface area contributed by atoms with Gasteiger partial charge in [0.2, 0.25) is 0 Å². The molecule has 3 aromatic carbocycles. The lowest BCUT2D eigenvalue weighted by Crippen LogP contribution is -2.44. The molecule has 1 heterocycles. The number of anilines is 1. The highest BCUT2D eigenvalue weighted by atomic mass is 16.5. The quantitative estimate of drug-likeness (QED) is 0.542. The third-order valence-electron chi connectivity index (χ3n) is 6.74. The summed E-state index contributed by atoms with van der Waals surface area (Å²) >= 11 is 0. The smallest absolute Gasteiger partial charge is 0.257 e. The monoisotopic (exact) mass is 501 g/mol. The zero-order valence-electron chi connectivity index (χ0n) is 21.9. The average Bonchev–Trinajstić information content (AvgIpc) is 2.93. The molecule has 3 atom stereocenters. The van der Waals surface area contributed by atoms with E-state index in [9.17, 15) is 9.59 Å². The molecular formula is C30H35N3O4. The minimum absolute atomic E-state index is 0.0956. The fourth-order valence-electron chi connectivity index (χ4n) is 4.39. The number of likely N-dealkylation sites (N-methyl/N-ethyl adjacent to an activating group) is 1. The molecule has 0 aromatic heterocycles. The molecule has 194 valence electrons. The molecule has 0 radical (unpaired) electrons. The summed E-state index contributed by atoms with van der Waals surface area (Å²) in [6, 6.07) is 22.7. The van der Waals surface area contributed by atoms with Crippen molar-refractivity contribution in [2.24, 2.45) is 5.92 Å². The van der Waals surface area contributed by atoms with Crippen LogP contribution in [0.15, 0.2) is 72.8 Å². The molecule has 0 spiro atoms. The average molecular weight is 502 g/mol. The fourth-order valence-corrected chi connectivity index (χ4v) is 4.39. The van der Waals surface area contributed by atoms with Crippen molar-refractivity contribution >= 4 is 17.5 Å². The van der Waals surface area contributed by atoms with E-state index in [-0.39, 0.29) is 29.9 Å². The second-order valence-corrected chi connectivity index (χ2v) is 9.67. The van der Waals surface area contributed by atoms with Gasteiger partial charge >= 0.3 is 0 Å². The maximum atomic E-state index is 13.4. The molecule has 7 heteroatoms. The van der Waals surface area contributed by atoms with Gasteiger partial charge in [0.25, 0.3) is 11.8 Å². The van der Waals surface area contributed by atoms with Crippen molar-refractivity contribution in [1.29, 1.82) is 0 Å². The van der Waals surface area contributed by atoms with Gasteiger partial charge in [0, 0.05) is 44.5 Å². The van der Waals surface area contributed by atoms with E-state index in [0.29, 0.717) is 35.7 Å². The van der Waals surface area contributed by atoms with Crippen LogP contribution in [-0.2, 0) is 4.74 Å². The van der Waals surface area contributed by atoms with Crippen molar-refractivity contribution in [2.75, 3.05) is 39.2 Å². The van der Waals surface area contributed by atoms with Gasteiger partial charge in [-0.25, -0.2) is 0 Å². The van der Waals surface area contributed by atoms with Crippen molar-refractivity contribution in [1.82, 2.24) is 10.2 Å². The van der Waals surface area contributed by atoms with E-state index in [1.807, 2.05) is 49.4 Å². The Kier molecular flexibility index (Phi) is 8.58. The molecule has 2 N–H and O–H groups in total. The summed E-state index contributed by atoms with van der Waals surface area (Å²) in [5.41, 5.74) is 3.58. The molecule has 1 aliphatic heterocycles. The van der Waals surface area contributed by atoms with Crippen molar-refractivity contribution in [3.8, 4) is 16.9 Å². The molecule has 0 unspecified atom stereocenters. The first-order chi connectivity index (χ1) is 17.9. The standard InChI is InChI=1S/C30H35N3O4/c1-20-17-31-21(2)19-37-27-15-14-25(16-26(27)30(35)33(3)18-28(20)36-4)32-29(34)24-12-10-23(11-13-24)22-8-6-5-7-9-22/h5-16,20-21,28,31H,17-19H2,1-4H3,(H,32,34)/t20-,21-,28-/m0/s1. The summed E-state index contributed by atoms with van der Waals surface area (Å²) in [5, 5.41) is 6.40. The summed E-state index contributed by atoms with van der Waals surface area (Å²) in [6.45, 7) is 5.76. The second kappa shape index (κ2) is 12.0. The summed E-state index contributed by atoms with van der Waals surface area (Å²) in [4.78, 5) is 28.1. The molecule has 0 aliphatic carbocycles. The van der Waals surface area contributed by atoms with Gasteiger partial charge < -0.3 is 25.0 Å². The number of carbonyl (C=O) groups excluding carboxylic acids is 2. The van der Waals surface area contributed by atoms with E-state index in [2.05, 4.69) is 17.6 Å². The minimum Gasteiger partial charge on any atom is -0.491 e. The van der Waals surface area contributed by atoms with Crippen LogP contribution in [-0.4, -0.2) is 62.7 Å². The topological polar surface area (TPSA) is 79.9 Å². The van der Waals surface area contributed by atoms with E-state index < -0.39 is 0 Å². The Balaban J connectivity index is 1.55. The van der Waals surface area contributed by atoms with Crippen molar-refractivity contribution < 1.29 is 19.1 Å². The number of methoxy groups -OCH3 is 1. The van der Waals surface area contributed by atoms with Crippen LogP contribution in [0, 0.1) is 5.92 Å². The molecule has 4 rings (SSSR count). The summed E-state index contributed by atoms with van der Waals surface area (Å²) in [6.07, 6.45) is -0.112. The fraction of sp³-hybridized carbons (Fsp3) is 0.333. The number of amides is 2. The highest BCUT2D eigenvalue weighted by molar-refractivity contribution is 6.05. The molecule has 1 aliphatic rings. The van der Waals surface area contributed by atoms with Crippen molar-refractivity contribution in [3.05, 3.63) is 83.9 Å². The zero-order chi connectivity index (χ0) is 26.4. The number of hydrogen-bond acceptors (Lipinski definition) is 5. The molecule has 3 aromatic rings. The van der Waals surface area contributed by atoms with Crippen LogP contribution < -0.4 is 15.4 Å². The number of carbonyl (C=O) groups is 2. The third-order valence-corrected chi connectivity index (χ3v) is 6.74. The van der Waals surface area contributed by atoms with Gasteiger partial charge in [-0.05, 0) is 54.3 Å². The molecule has 0 fully saturated rings. The van der Waals surface area contributed by atoms with E-state index >= 15 is 0 Å². The summed E-state index contributed by atoms with van der Waals surface area (Å²) in [5.74, 6) is 0.257. The zero-order valence-corrected chi connectivity index (χ0v) is 21.9. The SMILES string of the molecule is CO[C@H]1CN(C)C(=O)c2cc(NC(=O)c3ccc(-c4ccccc4)cc3)ccc2OC[C@H](C)NC[C@@H]1C. The van der Waals surface area contributed by atoms with Crippen LogP contribution in [0.5, 0.6) is 5.75 Å². The Hall–Kier alpha value is -3.68. The van der Waals surface area contributed by atoms with Crippen molar-refractivity contribution in [2.45, 2.75) is 26.0 Å². The lowest BCUT2D eigenvalue weighted by molar-refractivity contribution is 0.0281. The van der Waals surface area contributed by atoms with Crippen LogP contribution in [0.4, 0.5) is 5.69 Å². The van der Waals surface area contributed by atoms with Crippen molar-refractivity contribution in [3.63, 3.8) is 0 Å². The number of benzene rings is 3. The maximum Gasteiger partial charge on any atom is 0.257 e. The summed E-state index contributed by atoms with van der Waals surface area (Å²) in [7, 11) is 3.43. The molecule has 0 bridgehead atoms. The third kappa shape index (κ3) is 6.56. The van der Waals surface area contributed by atoms with Gasteiger partial charge in [0.05, 0.1) is 11.7 Å². The largest absolute Gasteiger partial charge is 0.491 e. The van der Waals surface area contributed by atoms with E-state index in [0.717, 1.165) is 17.7 Å². The lowest BCUT2D eigenvalue weighted by Gasteiger charge is -2.30. The Labute approximate surface area is 218 Å². The van der Waals surface area contributed by atoms with Crippen LogP contribution in [0.2, 0.25) is 0 Å². The van der Waals surface area contributed by atoms with Crippen LogP contribution in [0.25, 0.3) is 11.1 Å². The van der Waals surface area contributed by atoms with E-state index in [1.54, 1.807) is 49.4 Å². The molecule has 2 amide bonds. The first kappa shape index (κ1) is 26.4. The first-order valence-electron chi connectivity index (χ1n) is 12.6. The molecular weight excluding hydrogens is 466 g/mol. The Morgan fingerprint density at radius 3 is 2.43 bits per heavy atom. The highest BCUT2D eigenvalue weighted by Gasteiger charge is 2.25. The molecule has 0 saturated heterocycles. The Bertz CT molecular complexity index is 1210. The normalized spacial score (nSPS) is 20.7. The number of ether oxygens (including phenoxy) is 2.